The van der Waals surface area contributed by atoms with Crippen LogP contribution in [0.25, 0.3) is 16.9 Å². The number of aromatic nitrogens is 2. The number of carboxylic acid groups (broad SMARTS) is 1. The van der Waals surface area contributed by atoms with Crippen LogP contribution in [0.2, 0.25) is 5.02 Å². The third-order valence-corrected chi connectivity index (χ3v) is 3.85. The lowest BCUT2D eigenvalue weighted by Gasteiger charge is -2.09. The van der Waals surface area contributed by atoms with E-state index in [0.29, 0.717) is 10.6 Å². The van der Waals surface area contributed by atoms with Gasteiger partial charge in [0.2, 0.25) is 0 Å². The number of hydrogen-bond donors (Lipinski definition) is 2. The summed E-state index contributed by atoms with van der Waals surface area (Å²) in [5.74, 6) is -1.92. The van der Waals surface area contributed by atoms with Crippen LogP contribution in [0.4, 0.5) is 13.2 Å². The molecule has 0 atom stereocenters. The highest BCUT2D eigenvalue weighted by molar-refractivity contribution is 6.30. The minimum Gasteiger partial charge on any atom is -0.507 e. The number of nitrogens with zero attached hydrogens (tertiary/aromatic N) is 2. The molecule has 0 fully saturated rings. The lowest BCUT2D eigenvalue weighted by atomic mass is 10.1. The maximum Gasteiger partial charge on any atom is 0.435 e. The highest BCUT2D eigenvalue weighted by Crippen LogP contribution is 2.34. The van der Waals surface area contributed by atoms with Gasteiger partial charge in [-0.2, -0.15) is 18.3 Å². The molecule has 1 aromatic heterocycles. The summed E-state index contributed by atoms with van der Waals surface area (Å²) in [6.07, 6.45) is -4.68. The lowest BCUT2D eigenvalue weighted by molar-refractivity contribution is -0.141. The first kappa shape index (κ1) is 17.8. The Balaban J connectivity index is 2.23. The van der Waals surface area contributed by atoms with E-state index in [1.165, 1.54) is 30.3 Å². The smallest absolute Gasteiger partial charge is 0.435 e. The Morgan fingerprint density at radius 3 is 2.31 bits per heavy atom. The van der Waals surface area contributed by atoms with Gasteiger partial charge in [0.25, 0.3) is 0 Å². The summed E-state index contributed by atoms with van der Waals surface area (Å²) >= 11 is 5.81. The number of aromatic hydroxyl groups is 1. The monoisotopic (exact) mass is 382 g/mol. The van der Waals surface area contributed by atoms with Crippen molar-refractivity contribution >= 4 is 17.6 Å². The number of phenols is 1. The van der Waals surface area contributed by atoms with E-state index >= 15 is 0 Å². The van der Waals surface area contributed by atoms with Crippen molar-refractivity contribution in [3.63, 3.8) is 0 Å². The summed E-state index contributed by atoms with van der Waals surface area (Å²) in [7, 11) is 0. The van der Waals surface area contributed by atoms with Gasteiger partial charge in [0.05, 0.1) is 11.4 Å². The quantitative estimate of drug-likeness (QED) is 0.693. The second-order valence-electron chi connectivity index (χ2n) is 5.34. The molecule has 3 aromatic rings. The van der Waals surface area contributed by atoms with Crippen molar-refractivity contribution in [1.82, 2.24) is 9.78 Å². The highest BCUT2D eigenvalue weighted by atomic mass is 35.5. The van der Waals surface area contributed by atoms with Gasteiger partial charge >= 0.3 is 12.1 Å². The van der Waals surface area contributed by atoms with E-state index in [9.17, 15) is 23.1 Å². The molecular formula is C17H10ClF3N2O3. The third-order valence-electron chi connectivity index (χ3n) is 3.59. The Hall–Kier alpha value is -3.00. The number of carboxylic acids is 1. The first-order chi connectivity index (χ1) is 12.2. The van der Waals surface area contributed by atoms with E-state index in [-0.39, 0.29) is 11.4 Å². The molecule has 26 heavy (non-hydrogen) atoms. The van der Waals surface area contributed by atoms with Crippen molar-refractivity contribution < 1.29 is 28.2 Å². The fraction of sp³-hybridized carbons (Fsp3) is 0.0588. The van der Waals surface area contributed by atoms with Crippen molar-refractivity contribution in [1.29, 1.82) is 0 Å². The van der Waals surface area contributed by atoms with Gasteiger partial charge in [-0.05, 0) is 36.4 Å². The van der Waals surface area contributed by atoms with Gasteiger partial charge in [-0.15, -0.1) is 0 Å². The fourth-order valence-electron chi connectivity index (χ4n) is 2.37. The summed E-state index contributed by atoms with van der Waals surface area (Å²) < 4.78 is 40.3. The van der Waals surface area contributed by atoms with Crippen LogP contribution in [-0.2, 0) is 6.18 Å². The van der Waals surface area contributed by atoms with E-state index < -0.39 is 29.2 Å². The standard InChI is InChI=1S/C17H10ClF3N2O3/c18-10-3-1-9(2-4-10)13-8-15(17(19,20)21)22-23(13)11-5-6-14(24)12(7-11)16(25)26/h1-8,24H,(H,25,26). The molecule has 1 heterocycles. The second-order valence-corrected chi connectivity index (χ2v) is 5.77. The summed E-state index contributed by atoms with van der Waals surface area (Å²) in [6, 6.07) is 10.3. The molecule has 0 unspecified atom stereocenters. The summed E-state index contributed by atoms with van der Waals surface area (Å²) in [4.78, 5) is 11.2. The van der Waals surface area contributed by atoms with Gasteiger partial charge in [0.1, 0.15) is 11.3 Å². The van der Waals surface area contributed by atoms with Crippen LogP contribution in [0.3, 0.4) is 0 Å². The first-order valence-corrected chi connectivity index (χ1v) is 7.54. The van der Waals surface area contributed by atoms with Crippen molar-refractivity contribution in [2.45, 2.75) is 6.18 Å². The minimum absolute atomic E-state index is 0.0562. The molecule has 2 N–H and O–H groups in total. The molecule has 3 rings (SSSR count). The molecule has 5 nitrogen and oxygen atoms in total. The number of hydrogen-bond acceptors (Lipinski definition) is 3. The van der Waals surface area contributed by atoms with Crippen LogP contribution in [0.5, 0.6) is 5.75 Å². The lowest BCUT2D eigenvalue weighted by Crippen LogP contribution is -2.08. The first-order valence-electron chi connectivity index (χ1n) is 7.16. The normalized spacial score (nSPS) is 11.5. The zero-order valence-corrected chi connectivity index (χ0v) is 13.6. The molecule has 0 saturated carbocycles. The molecule has 0 aliphatic carbocycles. The fourth-order valence-corrected chi connectivity index (χ4v) is 2.50. The average Bonchev–Trinajstić information content (AvgIpc) is 3.01. The minimum atomic E-state index is -4.68. The van der Waals surface area contributed by atoms with Gasteiger partial charge in [-0.25, -0.2) is 9.48 Å². The number of rotatable bonds is 3. The molecule has 0 radical (unpaired) electrons. The molecule has 0 aliphatic heterocycles. The van der Waals surface area contributed by atoms with E-state index in [4.69, 9.17) is 16.7 Å². The Labute approximate surface area is 149 Å². The average molecular weight is 383 g/mol. The number of aromatic carboxylic acids is 1. The van der Waals surface area contributed by atoms with Crippen LogP contribution >= 0.6 is 11.6 Å². The molecule has 0 spiro atoms. The maximum absolute atomic E-state index is 13.1. The van der Waals surface area contributed by atoms with Crippen molar-refractivity contribution in [2.24, 2.45) is 0 Å². The van der Waals surface area contributed by atoms with Crippen molar-refractivity contribution in [3.8, 4) is 22.7 Å². The number of carbonyl (C=O) groups is 1. The largest absolute Gasteiger partial charge is 0.507 e. The molecule has 2 aromatic carbocycles. The Bertz CT molecular complexity index is 982. The summed E-state index contributed by atoms with van der Waals surface area (Å²) in [5.41, 5.74) is -1.03. The maximum atomic E-state index is 13.1. The highest BCUT2D eigenvalue weighted by Gasteiger charge is 2.35. The molecule has 0 saturated heterocycles. The molecule has 0 aliphatic rings. The zero-order chi connectivity index (χ0) is 19.1. The zero-order valence-electron chi connectivity index (χ0n) is 12.8. The summed E-state index contributed by atoms with van der Waals surface area (Å²) in [5, 5.41) is 22.7. The third kappa shape index (κ3) is 3.36. The van der Waals surface area contributed by atoms with Gasteiger partial charge in [-0.3, -0.25) is 0 Å². The van der Waals surface area contributed by atoms with E-state index in [1.54, 1.807) is 0 Å². The van der Waals surface area contributed by atoms with Crippen molar-refractivity contribution in [3.05, 3.63) is 64.8 Å². The van der Waals surface area contributed by atoms with Crippen LogP contribution in [-0.4, -0.2) is 26.0 Å². The molecule has 0 amide bonds. The SMILES string of the molecule is O=C(O)c1cc(-n2nc(C(F)(F)F)cc2-c2ccc(Cl)cc2)ccc1O. The predicted molar refractivity (Wildman–Crippen MR) is 87.6 cm³/mol. The van der Waals surface area contributed by atoms with Crippen LogP contribution < -0.4 is 0 Å². The van der Waals surface area contributed by atoms with Gasteiger partial charge in [0, 0.05) is 10.6 Å². The van der Waals surface area contributed by atoms with E-state index in [2.05, 4.69) is 5.10 Å². The number of benzene rings is 2. The van der Waals surface area contributed by atoms with Crippen molar-refractivity contribution in [2.75, 3.05) is 0 Å². The van der Waals surface area contributed by atoms with Crippen LogP contribution in [0.15, 0.2) is 48.5 Å². The molecule has 9 heteroatoms. The van der Waals surface area contributed by atoms with Gasteiger partial charge in [-0.1, -0.05) is 23.7 Å². The Morgan fingerprint density at radius 1 is 1.08 bits per heavy atom. The molecule has 134 valence electrons. The summed E-state index contributed by atoms with van der Waals surface area (Å²) in [6.45, 7) is 0. The van der Waals surface area contributed by atoms with E-state index in [1.807, 2.05) is 0 Å². The van der Waals surface area contributed by atoms with Crippen LogP contribution in [0.1, 0.15) is 16.1 Å². The molecule has 0 bridgehead atoms. The second kappa shape index (κ2) is 6.38. The number of halogens is 4. The Kier molecular flexibility index (Phi) is 4.37. The van der Waals surface area contributed by atoms with Gasteiger partial charge in [0.15, 0.2) is 5.69 Å². The topological polar surface area (TPSA) is 75.3 Å². The van der Waals surface area contributed by atoms with E-state index in [0.717, 1.165) is 22.9 Å². The molecular weight excluding hydrogens is 373 g/mol. The Morgan fingerprint density at radius 2 is 1.73 bits per heavy atom. The number of alkyl halides is 3. The van der Waals surface area contributed by atoms with Crippen LogP contribution in [0, 0.1) is 0 Å². The van der Waals surface area contributed by atoms with Gasteiger partial charge < -0.3 is 10.2 Å². The predicted octanol–water partition coefficient (Wildman–Crippen LogP) is 4.62.